The molecule has 1 fully saturated rings. The summed E-state index contributed by atoms with van der Waals surface area (Å²) in [5.74, 6) is -1.41. The van der Waals surface area contributed by atoms with Crippen molar-refractivity contribution in [3.63, 3.8) is 0 Å². The number of piperidine rings is 1. The first-order valence-corrected chi connectivity index (χ1v) is 7.67. The lowest BCUT2D eigenvalue weighted by molar-refractivity contribution is -0.143. The van der Waals surface area contributed by atoms with E-state index in [4.69, 9.17) is 11.6 Å². The minimum Gasteiger partial charge on any atom is -0.480 e. The molecule has 0 radical (unpaired) electrons. The molecule has 7 nitrogen and oxygen atoms in total. The number of nitrogens with zero attached hydrogens (tertiary/aromatic N) is 4. The average molecular weight is 335 g/mol. The Morgan fingerprint density at radius 3 is 2.78 bits per heavy atom. The van der Waals surface area contributed by atoms with E-state index in [0.717, 1.165) is 12.8 Å². The average Bonchev–Trinajstić information content (AvgIpc) is 3.04. The molecule has 1 atom stereocenters. The highest BCUT2D eigenvalue weighted by Crippen LogP contribution is 2.21. The van der Waals surface area contributed by atoms with Gasteiger partial charge in [0.15, 0.2) is 5.69 Å². The lowest BCUT2D eigenvalue weighted by Gasteiger charge is -2.32. The molecule has 120 valence electrons. The first-order chi connectivity index (χ1) is 11.1. The molecule has 1 unspecified atom stereocenters. The Hall–Kier alpha value is -2.41. The molecule has 0 bridgehead atoms. The van der Waals surface area contributed by atoms with E-state index in [1.54, 1.807) is 24.3 Å². The lowest BCUT2D eigenvalue weighted by atomic mass is 10.0. The molecule has 1 N–H and O–H groups in total. The topological polar surface area (TPSA) is 88.3 Å². The van der Waals surface area contributed by atoms with E-state index in [-0.39, 0.29) is 5.69 Å². The molecule has 1 aromatic carbocycles. The molecule has 8 heteroatoms. The van der Waals surface area contributed by atoms with Gasteiger partial charge in [-0.1, -0.05) is 28.9 Å². The predicted octanol–water partition coefficient (Wildman–Crippen LogP) is 2.00. The number of para-hydroxylation sites is 1. The Balaban J connectivity index is 1.86. The number of aromatic nitrogens is 3. The van der Waals surface area contributed by atoms with Gasteiger partial charge in [-0.25, -0.2) is 9.48 Å². The summed E-state index contributed by atoms with van der Waals surface area (Å²) in [7, 11) is 0. The number of halogens is 1. The van der Waals surface area contributed by atoms with E-state index in [0.29, 0.717) is 23.7 Å². The number of carbonyl (C=O) groups excluding carboxylic acids is 1. The minimum absolute atomic E-state index is 0.109. The maximum Gasteiger partial charge on any atom is 0.326 e. The smallest absolute Gasteiger partial charge is 0.326 e. The second kappa shape index (κ2) is 6.37. The third-order valence-electron chi connectivity index (χ3n) is 3.86. The molecule has 3 rings (SSSR count). The van der Waals surface area contributed by atoms with Crippen LogP contribution in [0.5, 0.6) is 0 Å². The van der Waals surface area contributed by atoms with Gasteiger partial charge in [0.05, 0.1) is 16.9 Å². The Morgan fingerprint density at radius 2 is 2.04 bits per heavy atom. The van der Waals surface area contributed by atoms with Gasteiger partial charge < -0.3 is 10.0 Å². The zero-order valence-corrected chi connectivity index (χ0v) is 13.0. The van der Waals surface area contributed by atoms with Gasteiger partial charge in [-0.15, -0.1) is 5.10 Å². The Morgan fingerprint density at radius 1 is 1.26 bits per heavy atom. The first-order valence-electron chi connectivity index (χ1n) is 7.29. The summed E-state index contributed by atoms with van der Waals surface area (Å²) in [6.07, 6.45) is 3.51. The van der Waals surface area contributed by atoms with Crippen LogP contribution in [0, 0.1) is 0 Å². The van der Waals surface area contributed by atoms with Crippen LogP contribution in [0.3, 0.4) is 0 Å². The summed E-state index contributed by atoms with van der Waals surface area (Å²) in [6, 6.07) is 6.26. The number of hydrogen-bond acceptors (Lipinski definition) is 4. The number of benzene rings is 1. The number of likely N-dealkylation sites (tertiary alicyclic amines) is 1. The fourth-order valence-electron chi connectivity index (χ4n) is 2.70. The Bertz CT molecular complexity index is 746. The SMILES string of the molecule is O=C(O)C1CCCCN1C(=O)c1cn(-c2ccccc2Cl)nn1. The van der Waals surface area contributed by atoms with Crippen LogP contribution in [0.1, 0.15) is 29.8 Å². The van der Waals surface area contributed by atoms with Gasteiger partial charge in [-0.3, -0.25) is 4.79 Å². The lowest BCUT2D eigenvalue weighted by Crippen LogP contribution is -2.48. The fourth-order valence-corrected chi connectivity index (χ4v) is 2.92. The highest BCUT2D eigenvalue weighted by Gasteiger charge is 2.33. The summed E-state index contributed by atoms with van der Waals surface area (Å²) in [6.45, 7) is 0.411. The van der Waals surface area contributed by atoms with Crippen molar-refractivity contribution in [1.29, 1.82) is 0 Å². The molecule has 23 heavy (non-hydrogen) atoms. The van der Waals surface area contributed by atoms with Crippen LogP contribution in [0.2, 0.25) is 5.02 Å². The van der Waals surface area contributed by atoms with Gasteiger partial charge in [-0.05, 0) is 31.4 Å². The van der Waals surface area contributed by atoms with Gasteiger partial charge in [0, 0.05) is 6.54 Å². The number of hydrogen-bond donors (Lipinski definition) is 1. The molecule has 1 aromatic heterocycles. The molecule has 0 saturated carbocycles. The molecule has 2 heterocycles. The molecular formula is C15H15ClN4O3. The summed E-state index contributed by atoms with van der Waals surface area (Å²) in [4.78, 5) is 25.2. The Kier molecular flexibility index (Phi) is 4.29. The van der Waals surface area contributed by atoms with Crippen LogP contribution in [0.4, 0.5) is 0 Å². The summed E-state index contributed by atoms with van der Waals surface area (Å²) < 4.78 is 1.41. The summed E-state index contributed by atoms with van der Waals surface area (Å²) >= 11 is 6.10. The van der Waals surface area contributed by atoms with Crippen molar-refractivity contribution in [2.45, 2.75) is 25.3 Å². The van der Waals surface area contributed by atoms with E-state index in [1.165, 1.54) is 15.8 Å². The number of aliphatic carboxylic acids is 1. The van der Waals surface area contributed by atoms with E-state index >= 15 is 0 Å². The van der Waals surface area contributed by atoms with Crippen LogP contribution in [0.15, 0.2) is 30.5 Å². The van der Waals surface area contributed by atoms with Crippen molar-refractivity contribution in [2.75, 3.05) is 6.54 Å². The molecule has 1 saturated heterocycles. The van der Waals surface area contributed by atoms with Crippen molar-refractivity contribution < 1.29 is 14.7 Å². The predicted molar refractivity (Wildman–Crippen MR) is 82.7 cm³/mol. The van der Waals surface area contributed by atoms with Gasteiger partial charge >= 0.3 is 5.97 Å². The van der Waals surface area contributed by atoms with Gasteiger partial charge in [0.25, 0.3) is 5.91 Å². The second-order valence-electron chi connectivity index (χ2n) is 5.35. The molecule has 1 amide bonds. The number of rotatable bonds is 3. The number of carbonyl (C=O) groups is 2. The van der Waals surface area contributed by atoms with E-state index in [9.17, 15) is 14.7 Å². The van der Waals surface area contributed by atoms with Crippen LogP contribution >= 0.6 is 11.6 Å². The largest absolute Gasteiger partial charge is 0.480 e. The monoisotopic (exact) mass is 334 g/mol. The van der Waals surface area contributed by atoms with Crippen molar-refractivity contribution in [2.24, 2.45) is 0 Å². The van der Waals surface area contributed by atoms with E-state index < -0.39 is 17.9 Å². The highest BCUT2D eigenvalue weighted by atomic mass is 35.5. The third-order valence-corrected chi connectivity index (χ3v) is 4.18. The minimum atomic E-state index is -0.989. The third kappa shape index (κ3) is 3.05. The molecule has 1 aliphatic heterocycles. The molecule has 0 spiro atoms. The second-order valence-corrected chi connectivity index (χ2v) is 5.76. The summed E-state index contributed by atoms with van der Waals surface area (Å²) in [5, 5.41) is 17.5. The first kappa shape index (κ1) is 15.5. The zero-order valence-electron chi connectivity index (χ0n) is 12.2. The normalized spacial score (nSPS) is 18.0. The molecular weight excluding hydrogens is 320 g/mol. The van der Waals surface area contributed by atoms with Crippen LogP contribution in [0.25, 0.3) is 5.69 Å². The summed E-state index contributed by atoms with van der Waals surface area (Å²) in [5.41, 5.74) is 0.715. The highest BCUT2D eigenvalue weighted by molar-refractivity contribution is 6.32. The quantitative estimate of drug-likeness (QED) is 0.927. The number of carboxylic acid groups (broad SMARTS) is 1. The fraction of sp³-hybridized carbons (Fsp3) is 0.333. The standard InChI is InChI=1S/C15H15ClN4O3/c16-10-5-1-2-6-12(10)20-9-11(17-18-20)14(21)19-8-4-3-7-13(19)15(22)23/h1-2,5-6,9,13H,3-4,7-8H2,(H,22,23). The molecule has 1 aliphatic rings. The van der Waals surface area contributed by atoms with Crippen LogP contribution in [-0.2, 0) is 4.79 Å². The zero-order chi connectivity index (χ0) is 16.4. The van der Waals surface area contributed by atoms with E-state index in [1.807, 2.05) is 0 Å². The van der Waals surface area contributed by atoms with Crippen molar-refractivity contribution in [1.82, 2.24) is 19.9 Å². The molecule has 2 aromatic rings. The maximum absolute atomic E-state index is 12.6. The van der Waals surface area contributed by atoms with Crippen LogP contribution < -0.4 is 0 Å². The number of carboxylic acids is 1. The van der Waals surface area contributed by atoms with Crippen LogP contribution in [-0.4, -0.2) is 49.5 Å². The number of amides is 1. The van der Waals surface area contributed by atoms with Crippen molar-refractivity contribution in [3.05, 3.63) is 41.2 Å². The van der Waals surface area contributed by atoms with Crippen molar-refractivity contribution >= 4 is 23.5 Å². The van der Waals surface area contributed by atoms with E-state index in [2.05, 4.69) is 10.3 Å². The maximum atomic E-state index is 12.6. The Labute approximate surface area is 137 Å². The van der Waals surface area contributed by atoms with Gasteiger partial charge in [0.2, 0.25) is 0 Å². The van der Waals surface area contributed by atoms with Crippen molar-refractivity contribution in [3.8, 4) is 5.69 Å². The van der Waals surface area contributed by atoms with Gasteiger partial charge in [0.1, 0.15) is 6.04 Å². The molecule has 0 aliphatic carbocycles. The van der Waals surface area contributed by atoms with Gasteiger partial charge in [-0.2, -0.15) is 0 Å².